The first kappa shape index (κ1) is 50.5. The molecule has 1 unspecified atom stereocenters. The molecule has 0 spiro atoms. The number of phosphoric ester groups is 1. The Hall–Kier alpha value is -2.55. The zero-order valence-corrected chi connectivity index (χ0v) is 34.8. The Morgan fingerprint density at radius 3 is 1.57 bits per heavy atom. The zero-order valence-electron chi connectivity index (χ0n) is 33.9. The molecule has 304 valence electrons. The van der Waals surface area contributed by atoms with Gasteiger partial charge in [0, 0.05) is 12.8 Å². The van der Waals surface area contributed by atoms with Crippen LogP contribution >= 0.6 is 7.82 Å². The molecule has 0 saturated heterocycles. The van der Waals surface area contributed by atoms with Crippen LogP contribution in [0.3, 0.4) is 0 Å². The summed E-state index contributed by atoms with van der Waals surface area (Å²) in [6.07, 6.45) is 42.4. The van der Waals surface area contributed by atoms with Crippen molar-refractivity contribution >= 4 is 19.8 Å². The highest BCUT2D eigenvalue weighted by atomic mass is 31.2. The number of carbonyl (C=O) groups excluding carboxylic acids is 2. The van der Waals surface area contributed by atoms with Crippen LogP contribution in [-0.2, 0) is 32.7 Å². The third-order valence-electron chi connectivity index (χ3n) is 8.00. The van der Waals surface area contributed by atoms with E-state index in [1.54, 1.807) is 0 Å². The summed E-state index contributed by atoms with van der Waals surface area (Å²) in [4.78, 5) is 37.3. The van der Waals surface area contributed by atoms with Crippen LogP contribution in [0.5, 0.6) is 0 Å². The summed E-state index contributed by atoms with van der Waals surface area (Å²) in [5.74, 6) is -0.941. The van der Waals surface area contributed by atoms with Crippen molar-refractivity contribution in [3.63, 3.8) is 0 Å². The van der Waals surface area contributed by atoms with Crippen LogP contribution in [0.2, 0.25) is 0 Å². The van der Waals surface area contributed by atoms with Crippen molar-refractivity contribution in [3.05, 3.63) is 72.9 Å². The van der Waals surface area contributed by atoms with Crippen molar-refractivity contribution in [3.8, 4) is 0 Å². The van der Waals surface area contributed by atoms with Crippen LogP contribution in [0, 0.1) is 0 Å². The van der Waals surface area contributed by atoms with Gasteiger partial charge in [0.1, 0.15) is 19.8 Å². The first-order valence-electron chi connectivity index (χ1n) is 20.1. The monoisotopic (exact) mass is 764 g/mol. The highest BCUT2D eigenvalue weighted by Crippen LogP contribution is 2.38. The highest BCUT2D eigenvalue weighted by Gasteiger charge is 2.21. The van der Waals surface area contributed by atoms with Crippen LogP contribution in [0.4, 0.5) is 0 Å². The average Bonchev–Trinajstić information content (AvgIpc) is 3.10. The minimum atomic E-state index is -4.64. The number of nitrogens with zero attached hydrogens (tertiary/aromatic N) is 1. The topological polar surface area (TPSA) is 111 Å². The van der Waals surface area contributed by atoms with E-state index in [2.05, 4.69) is 74.6 Å². The number of carbonyl (C=O) groups is 2. The van der Waals surface area contributed by atoms with Gasteiger partial charge in [-0.3, -0.25) is 14.2 Å². The summed E-state index contributed by atoms with van der Waals surface area (Å²) in [7, 11) is 1.12. The predicted molar refractivity (Wildman–Crippen MR) is 217 cm³/mol. The van der Waals surface area contributed by atoms with Gasteiger partial charge < -0.3 is 27.9 Å². The van der Waals surface area contributed by atoms with Crippen molar-refractivity contribution in [2.24, 2.45) is 0 Å². The summed E-state index contributed by atoms with van der Waals surface area (Å²) >= 11 is 0. The molecule has 0 aliphatic heterocycles. The van der Waals surface area contributed by atoms with Gasteiger partial charge in [0.25, 0.3) is 7.82 Å². The van der Waals surface area contributed by atoms with E-state index in [-0.39, 0.29) is 26.1 Å². The fourth-order valence-electron chi connectivity index (χ4n) is 4.85. The Morgan fingerprint density at radius 2 is 1.08 bits per heavy atom. The van der Waals surface area contributed by atoms with Crippen LogP contribution in [0.15, 0.2) is 72.9 Å². The number of hydrogen-bond donors (Lipinski definition) is 0. The molecule has 0 aliphatic carbocycles. The number of quaternary nitrogens is 1. The van der Waals surface area contributed by atoms with Crippen molar-refractivity contribution in [2.45, 2.75) is 142 Å². The second-order valence-corrected chi connectivity index (χ2v) is 15.7. The van der Waals surface area contributed by atoms with E-state index in [9.17, 15) is 19.0 Å². The lowest BCUT2D eigenvalue weighted by molar-refractivity contribution is -0.870. The molecule has 0 saturated carbocycles. The molecule has 53 heavy (non-hydrogen) atoms. The van der Waals surface area contributed by atoms with Gasteiger partial charge in [-0.05, 0) is 51.4 Å². The fraction of sp³-hybridized carbons (Fsp3) is 0.674. The largest absolute Gasteiger partial charge is 0.756 e. The van der Waals surface area contributed by atoms with Crippen LogP contribution in [-0.4, -0.2) is 70.0 Å². The Labute approximate surface area is 323 Å². The maximum absolute atomic E-state index is 12.6. The third-order valence-corrected chi connectivity index (χ3v) is 8.97. The standard InChI is InChI=1S/C43H74NO8P/c1-6-8-10-12-14-16-18-19-20-21-22-23-24-25-26-28-29-31-33-35-42(45)49-39-41(40-51-53(47,48)50-38-37-44(3,4)5)52-43(46)36-34-32-30-27-17-15-13-11-9-7-2/h8,10,14,16,19-20,22-23,25-26,29,31,41H,6-7,9,11-13,15,17-18,21,24,27-28,30,32-40H2,1-5H3/b10-8+,16-14+,20-19+,23-22+,26-25+,31-29+/t41-/m0/s1. The molecule has 0 aromatic carbocycles. The summed E-state index contributed by atoms with van der Waals surface area (Å²) in [5, 5.41) is 0. The Morgan fingerprint density at radius 1 is 0.604 bits per heavy atom. The first-order valence-corrected chi connectivity index (χ1v) is 21.6. The van der Waals surface area contributed by atoms with E-state index >= 15 is 0 Å². The van der Waals surface area contributed by atoms with E-state index in [1.807, 2.05) is 33.3 Å². The molecule has 0 rings (SSSR count). The molecule has 0 radical (unpaired) electrons. The summed E-state index contributed by atoms with van der Waals surface area (Å²) in [6, 6.07) is 0. The molecule has 0 aromatic rings. The quantitative estimate of drug-likeness (QED) is 0.0206. The second kappa shape index (κ2) is 35.2. The van der Waals surface area contributed by atoms with Gasteiger partial charge in [0.05, 0.1) is 27.7 Å². The minimum Gasteiger partial charge on any atom is -0.756 e. The second-order valence-electron chi connectivity index (χ2n) is 14.3. The Bertz CT molecular complexity index is 1140. The molecule has 0 bridgehead atoms. The normalized spacial score (nSPS) is 14.5. The van der Waals surface area contributed by atoms with Crippen LogP contribution in [0.1, 0.15) is 136 Å². The number of phosphoric acid groups is 1. The lowest BCUT2D eigenvalue weighted by Gasteiger charge is -2.28. The van der Waals surface area contributed by atoms with E-state index in [0.29, 0.717) is 23.9 Å². The smallest absolute Gasteiger partial charge is 0.306 e. The number of allylic oxidation sites excluding steroid dienone is 12. The minimum absolute atomic E-state index is 0.0446. The van der Waals surface area contributed by atoms with Gasteiger partial charge in [-0.25, -0.2) is 0 Å². The van der Waals surface area contributed by atoms with Gasteiger partial charge in [-0.15, -0.1) is 0 Å². The Balaban J connectivity index is 4.51. The number of ether oxygens (including phenoxy) is 2. The van der Waals surface area contributed by atoms with Crippen molar-refractivity contribution in [1.29, 1.82) is 0 Å². The lowest BCUT2D eigenvalue weighted by atomic mass is 10.1. The highest BCUT2D eigenvalue weighted by molar-refractivity contribution is 7.45. The molecular formula is C43H74NO8P. The third kappa shape index (κ3) is 39.0. The summed E-state index contributed by atoms with van der Waals surface area (Å²) in [6.45, 7) is 3.98. The first-order chi connectivity index (χ1) is 25.5. The molecule has 0 heterocycles. The molecule has 0 aromatic heterocycles. The Kier molecular flexibility index (Phi) is 33.5. The zero-order chi connectivity index (χ0) is 39.3. The molecule has 0 amide bonds. The number of rotatable bonds is 35. The molecule has 9 nitrogen and oxygen atoms in total. The number of hydrogen-bond acceptors (Lipinski definition) is 8. The lowest BCUT2D eigenvalue weighted by Crippen LogP contribution is -2.37. The van der Waals surface area contributed by atoms with E-state index in [1.165, 1.54) is 38.5 Å². The molecule has 0 fully saturated rings. The number of likely N-dealkylation sites (N-methyl/N-ethyl adjacent to an activating group) is 1. The van der Waals surface area contributed by atoms with Gasteiger partial charge in [-0.2, -0.15) is 0 Å². The molecule has 2 atom stereocenters. The fourth-order valence-corrected chi connectivity index (χ4v) is 5.58. The predicted octanol–water partition coefficient (Wildman–Crippen LogP) is 10.4. The van der Waals surface area contributed by atoms with Crippen molar-refractivity contribution < 1.29 is 42.1 Å². The van der Waals surface area contributed by atoms with Gasteiger partial charge in [0.15, 0.2) is 6.10 Å². The van der Waals surface area contributed by atoms with E-state index < -0.39 is 32.5 Å². The van der Waals surface area contributed by atoms with Crippen molar-refractivity contribution in [2.75, 3.05) is 47.5 Å². The molecular weight excluding hydrogens is 689 g/mol. The maximum atomic E-state index is 12.6. The molecule has 0 aliphatic rings. The van der Waals surface area contributed by atoms with Crippen molar-refractivity contribution in [1.82, 2.24) is 0 Å². The number of unbranched alkanes of at least 4 members (excludes halogenated alkanes) is 9. The molecule has 10 heteroatoms. The average molecular weight is 764 g/mol. The van der Waals surface area contributed by atoms with Gasteiger partial charge in [0.2, 0.25) is 0 Å². The summed E-state index contributed by atoms with van der Waals surface area (Å²) in [5.41, 5.74) is 0. The maximum Gasteiger partial charge on any atom is 0.306 e. The SMILES string of the molecule is CC/C=C/C/C=C/C/C=C/C/C=C/C/C=C/C/C=C/CCC(=O)OC[C@@H](COP(=O)([O-])OCC[N+](C)(C)C)OC(=O)CCCCCCCCCCCC. The van der Waals surface area contributed by atoms with Crippen LogP contribution < -0.4 is 4.89 Å². The van der Waals surface area contributed by atoms with E-state index in [0.717, 1.165) is 57.8 Å². The summed E-state index contributed by atoms with van der Waals surface area (Å²) < 4.78 is 33.7. The van der Waals surface area contributed by atoms with Gasteiger partial charge in [-0.1, -0.05) is 145 Å². The molecule has 0 N–H and O–H groups in total. The van der Waals surface area contributed by atoms with Gasteiger partial charge >= 0.3 is 11.9 Å². The van der Waals surface area contributed by atoms with Crippen LogP contribution in [0.25, 0.3) is 0 Å². The number of esters is 2. The van der Waals surface area contributed by atoms with E-state index in [4.69, 9.17) is 18.5 Å².